The molecule has 0 bridgehead atoms. The standard InChI is InChI=1S/C21H27N3O3S/c1-13-7-9-15(10-8-13)27-12-11-24(3)14(2)20(26)23-21-18(19(22)25)16-5-4-6-17(16)28-21/h7-10,14H,4-6,11-12H2,1-3H3,(H2,22,25)(H,23,26). The molecule has 0 saturated carbocycles. The molecule has 7 heteroatoms. The number of thiophene rings is 1. The van der Waals surface area contributed by atoms with Gasteiger partial charge in [-0.2, -0.15) is 0 Å². The average molecular weight is 402 g/mol. The SMILES string of the molecule is Cc1ccc(OCCN(C)C(C)C(=O)Nc2sc3c(c2C(N)=O)CCC3)cc1. The Labute approximate surface area is 169 Å². The van der Waals surface area contributed by atoms with Gasteiger partial charge in [0.15, 0.2) is 0 Å². The van der Waals surface area contributed by atoms with E-state index < -0.39 is 5.91 Å². The summed E-state index contributed by atoms with van der Waals surface area (Å²) >= 11 is 1.47. The first-order valence-electron chi connectivity index (χ1n) is 9.51. The number of carbonyl (C=O) groups excluding carboxylic acids is 2. The van der Waals surface area contributed by atoms with Gasteiger partial charge < -0.3 is 15.8 Å². The monoisotopic (exact) mass is 401 g/mol. The Morgan fingerprint density at radius 1 is 1.29 bits per heavy atom. The minimum atomic E-state index is -0.470. The van der Waals surface area contributed by atoms with E-state index in [9.17, 15) is 9.59 Å². The Kier molecular flexibility index (Phi) is 6.36. The molecule has 0 spiro atoms. The van der Waals surface area contributed by atoms with Crippen molar-refractivity contribution in [3.8, 4) is 5.75 Å². The van der Waals surface area contributed by atoms with Crippen LogP contribution in [-0.4, -0.2) is 43.0 Å². The summed E-state index contributed by atoms with van der Waals surface area (Å²) in [7, 11) is 1.88. The number of aryl methyl sites for hydroxylation is 2. The molecular formula is C21H27N3O3S. The zero-order chi connectivity index (χ0) is 20.3. The number of hydrogen-bond acceptors (Lipinski definition) is 5. The molecule has 0 fully saturated rings. The smallest absolute Gasteiger partial charge is 0.251 e. The predicted octanol–water partition coefficient (Wildman–Crippen LogP) is 2.98. The van der Waals surface area contributed by atoms with Crippen LogP contribution in [0, 0.1) is 6.92 Å². The van der Waals surface area contributed by atoms with Crippen molar-refractivity contribution in [3.63, 3.8) is 0 Å². The zero-order valence-electron chi connectivity index (χ0n) is 16.6. The van der Waals surface area contributed by atoms with Gasteiger partial charge >= 0.3 is 0 Å². The highest BCUT2D eigenvalue weighted by atomic mass is 32.1. The molecule has 1 atom stereocenters. The number of rotatable bonds is 8. The number of carbonyl (C=O) groups is 2. The molecule has 0 radical (unpaired) electrons. The highest BCUT2D eigenvalue weighted by molar-refractivity contribution is 7.17. The third-order valence-corrected chi connectivity index (χ3v) is 6.39. The second-order valence-electron chi connectivity index (χ2n) is 7.23. The lowest BCUT2D eigenvalue weighted by Gasteiger charge is -2.23. The minimum Gasteiger partial charge on any atom is -0.492 e. The lowest BCUT2D eigenvalue weighted by molar-refractivity contribution is -0.120. The summed E-state index contributed by atoms with van der Waals surface area (Å²) in [5, 5.41) is 3.49. The lowest BCUT2D eigenvalue weighted by atomic mass is 10.1. The molecule has 1 aliphatic carbocycles. The second-order valence-corrected chi connectivity index (χ2v) is 8.34. The maximum absolute atomic E-state index is 12.7. The number of nitrogens with one attached hydrogen (secondary N) is 1. The van der Waals surface area contributed by atoms with Crippen molar-refractivity contribution >= 4 is 28.2 Å². The van der Waals surface area contributed by atoms with Gasteiger partial charge in [0.2, 0.25) is 5.91 Å². The van der Waals surface area contributed by atoms with Crippen LogP contribution in [0.5, 0.6) is 5.75 Å². The molecule has 0 aliphatic heterocycles. The van der Waals surface area contributed by atoms with Crippen molar-refractivity contribution in [2.45, 2.75) is 39.2 Å². The molecule has 1 unspecified atom stereocenters. The van der Waals surface area contributed by atoms with E-state index in [-0.39, 0.29) is 11.9 Å². The van der Waals surface area contributed by atoms with E-state index in [1.807, 2.05) is 50.1 Å². The number of nitrogens with zero attached hydrogens (tertiary/aromatic N) is 1. The summed E-state index contributed by atoms with van der Waals surface area (Å²) in [6.07, 6.45) is 2.84. The van der Waals surface area contributed by atoms with Crippen molar-refractivity contribution in [3.05, 3.63) is 45.8 Å². The van der Waals surface area contributed by atoms with Gasteiger partial charge in [0.25, 0.3) is 5.91 Å². The quantitative estimate of drug-likeness (QED) is 0.712. The summed E-state index contributed by atoms with van der Waals surface area (Å²) in [6, 6.07) is 7.52. The molecule has 2 aromatic rings. The number of fused-ring (bicyclic) bond motifs is 1. The van der Waals surface area contributed by atoms with Gasteiger partial charge in [0.1, 0.15) is 17.4 Å². The highest BCUT2D eigenvalue weighted by Gasteiger charge is 2.27. The second kappa shape index (κ2) is 8.75. The number of nitrogens with two attached hydrogens (primary N) is 1. The van der Waals surface area contributed by atoms with Crippen LogP contribution < -0.4 is 15.8 Å². The number of benzene rings is 1. The van der Waals surface area contributed by atoms with Gasteiger partial charge in [-0.3, -0.25) is 14.5 Å². The fraction of sp³-hybridized carbons (Fsp3) is 0.429. The summed E-state index contributed by atoms with van der Waals surface area (Å²) in [5.41, 5.74) is 8.25. The Hall–Kier alpha value is -2.38. The number of amides is 2. The summed E-state index contributed by atoms with van der Waals surface area (Å²) < 4.78 is 5.74. The highest BCUT2D eigenvalue weighted by Crippen LogP contribution is 2.38. The van der Waals surface area contributed by atoms with Crippen molar-refractivity contribution in [2.24, 2.45) is 5.73 Å². The lowest BCUT2D eigenvalue weighted by Crippen LogP contribution is -2.41. The molecule has 2 amide bonds. The fourth-order valence-corrected chi connectivity index (χ4v) is 4.60. The van der Waals surface area contributed by atoms with Gasteiger partial charge in [-0.25, -0.2) is 0 Å². The predicted molar refractivity (Wildman–Crippen MR) is 112 cm³/mol. The molecule has 6 nitrogen and oxygen atoms in total. The van der Waals surface area contributed by atoms with Gasteiger partial charge in [-0.1, -0.05) is 17.7 Å². The van der Waals surface area contributed by atoms with E-state index in [4.69, 9.17) is 10.5 Å². The maximum atomic E-state index is 12.7. The topological polar surface area (TPSA) is 84.7 Å². The van der Waals surface area contributed by atoms with E-state index in [0.29, 0.717) is 23.7 Å². The van der Waals surface area contributed by atoms with Crippen molar-refractivity contribution in [1.82, 2.24) is 4.90 Å². The number of primary amides is 1. The Bertz CT molecular complexity index is 861. The van der Waals surface area contributed by atoms with Crippen LogP contribution in [0.15, 0.2) is 24.3 Å². The Morgan fingerprint density at radius 2 is 2.00 bits per heavy atom. The average Bonchev–Trinajstić information content (AvgIpc) is 3.22. The van der Waals surface area contributed by atoms with E-state index >= 15 is 0 Å². The van der Waals surface area contributed by atoms with E-state index in [1.54, 1.807) is 0 Å². The first kappa shape index (κ1) is 20.4. The van der Waals surface area contributed by atoms with Gasteiger partial charge in [-0.15, -0.1) is 11.3 Å². The number of ether oxygens (including phenoxy) is 1. The third kappa shape index (κ3) is 4.54. The molecule has 1 aliphatic rings. The number of likely N-dealkylation sites (N-methyl/N-ethyl adjacent to an activating group) is 1. The molecule has 28 heavy (non-hydrogen) atoms. The van der Waals surface area contributed by atoms with E-state index in [1.165, 1.54) is 16.9 Å². The third-order valence-electron chi connectivity index (χ3n) is 5.18. The van der Waals surface area contributed by atoms with Gasteiger partial charge in [0, 0.05) is 11.4 Å². The largest absolute Gasteiger partial charge is 0.492 e. The first-order valence-corrected chi connectivity index (χ1v) is 10.3. The Balaban J connectivity index is 1.55. The van der Waals surface area contributed by atoms with Crippen molar-refractivity contribution < 1.29 is 14.3 Å². The molecule has 1 aromatic carbocycles. The number of anilines is 1. The summed E-state index contributed by atoms with van der Waals surface area (Å²) in [5.74, 6) is 0.192. The van der Waals surface area contributed by atoms with Crippen LogP contribution in [0.25, 0.3) is 0 Å². The summed E-state index contributed by atoms with van der Waals surface area (Å²) in [6.45, 7) is 4.96. The van der Waals surface area contributed by atoms with Crippen LogP contribution in [0.2, 0.25) is 0 Å². The van der Waals surface area contributed by atoms with Crippen LogP contribution in [0.4, 0.5) is 5.00 Å². The number of hydrogen-bond donors (Lipinski definition) is 2. The maximum Gasteiger partial charge on any atom is 0.251 e. The first-order chi connectivity index (χ1) is 13.4. The zero-order valence-corrected chi connectivity index (χ0v) is 17.4. The molecule has 150 valence electrons. The molecule has 0 saturated heterocycles. The van der Waals surface area contributed by atoms with E-state index in [0.717, 1.165) is 35.5 Å². The van der Waals surface area contributed by atoms with Crippen LogP contribution >= 0.6 is 11.3 Å². The van der Waals surface area contributed by atoms with E-state index in [2.05, 4.69) is 5.32 Å². The Morgan fingerprint density at radius 3 is 2.68 bits per heavy atom. The molecular weight excluding hydrogens is 374 g/mol. The summed E-state index contributed by atoms with van der Waals surface area (Å²) in [4.78, 5) is 27.7. The molecule has 1 heterocycles. The molecule has 1 aromatic heterocycles. The minimum absolute atomic E-state index is 0.153. The molecule has 3 N–H and O–H groups in total. The normalized spacial score (nSPS) is 14.0. The van der Waals surface area contributed by atoms with Crippen LogP contribution in [0.3, 0.4) is 0 Å². The fourth-order valence-electron chi connectivity index (χ4n) is 3.31. The molecule has 3 rings (SSSR count). The van der Waals surface area contributed by atoms with Crippen molar-refractivity contribution in [1.29, 1.82) is 0 Å². The van der Waals surface area contributed by atoms with Crippen LogP contribution in [0.1, 0.15) is 39.7 Å². The van der Waals surface area contributed by atoms with Crippen LogP contribution in [-0.2, 0) is 17.6 Å². The van der Waals surface area contributed by atoms with Gasteiger partial charge in [0.05, 0.1) is 11.6 Å². The van der Waals surface area contributed by atoms with Gasteiger partial charge in [-0.05, 0) is 57.9 Å². The van der Waals surface area contributed by atoms with Crippen molar-refractivity contribution in [2.75, 3.05) is 25.5 Å².